The number of para-hydroxylation sites is 2. The lowest BCUT2D eigenvalue weighted by molar-refractivity contribution is -0.123. The summed E-state index contributed by atoms with van der Waals surface area (Å²) in [6.07, 6.45) is 0. The van der Waals surface area contributed by atoms with Gasteiger partial charge in [-0.3, -0.25) is 19.4 Å². The average molecular weight is 432 g/mol. The van der Waals surface area contributed by atoms with E-state index in [0.717, 1.165) is 16.0 Å². The lowest BCUT2D eigenvalue weighted by atomic mass is 10.1. The van der Waals surface area contributed by atoms with Crippen LogP contribution >= 0.6 is 11.6 Å². The third-order valence-electron chi connectivity index (χ3n) is 4.71. The standard InChI is InChI=1S/C19H15ClFN5O4/c1-30-14-5-3-2-4-13(14)22-15(27)9-25-17-16(23-24-25)18(28)26(19(17)29)10-6-7-12(21)11(20)8-10/h2-8,16-17H,9H2,1H3,(H,22,27). The van der Waals surface area contributed by atoms with Gasteiger partial charge in [0.05, 0.1) is 23.5 Å². The van der Waals surface area contributed by atoms with Crippen molar-refractivity contribution in [3.63, 3.8) is 0 Å². The molecule has 0 bridgehead atoms. The Bertz CT molecular complexity index is 1080. The van der Waals surface area contributed by atoms with Gasteiger partial charge in [0.2, 0.25) is 5.91 Å². The van der Waals surface area contributed by atoms with Crippen molar-refractivity contribution >= 4 is 40.7 Å². The molecule has 154 valence electrons. The van der Waals surface area contributed by atoms with Crippen LogP contribution < -0.4 is 15.0 Å². The third-order valence-corrected chi connectivity index (χ3v) is 5.00. The molecule has 2 heterocycles. The molecule has 2 aromatic carbocycles. The van der Waals surface area contributed by atoms with Gasteiger partial charge in [0.25, 0.3) is 11.8 Å². The maximum absolute atomic E-state index is 13.4. The van der Waals surface area contributed by atoms with E-state index in [0.29, 0.717) is 11.4 Å². The van der Waals surface area contributed by atoms with E-state index in [-0.39, 0.29) is 17.3 Å². The van der Waals surface area contributed by atoms with Crippen LogP contribution in [-0.2, 0) is 14.4 Å². The molecule has 0 radical (unpaired) electrons. The van der Waals surface area contributed by atoms with E-state index in [1.807, 2.05) is 0 Å². The molecule has 9 nitrogen and oxygen atoms in total. The highest BCUT2D eigenvalue weighted by Gasteiger charge is 2.55. The molecular weight excluding hydrogens is 417 g/mol. The molecule has 2 aliphatic heterocycles. The Kier molecular flexibility index (Phi) is 5.08. The number of ether oxygens (including phenoxy) is 1. The van der Waals surface area contributed by atoms with E-state index in [4.69, 9.17) is 16.3 Å². The molecule has 1 N–H and O–H groups in total. The Hall–Kier alpha value is -3.53. The van der Waals surface area contributed by atoms with Gasteiger partial charge in [-0.05, 0) is 30.3 Å². The molecule has 2 unspecified atom stereocenters. The van der Waals surface area contributed by atoms with Crippen LogP contribution in [0.2, 0.25) is 5.02 Å². The molecular formula is C19H15ClFN5O4. The van der Waals surface area contributed by atoms with Crippen LogP contribution in [0.4, 0.5) is 15.8 Å². The minimum Gasteiger partial charge on any atom is -0.495 e. The summed E-state index contributed by atoms with van der Waals surface area (Å²) in [4.78, 5) is 38.9. The summed E-state index contributed by atoms with van der Waals surface area (Å²) in [6, 6.07) is 8.21. The first-order chi connectivity index (χ1) is 14.4. The van der Waals surface area contributed by atoms with Gasteiger partial charge in [-0.2, -0.15) is 5.11 Å². The molecule has 4 rings (SSSR count). The van der Waals surface area contributed by atoms with E-state index < -0.39 is 35.6 Å². The second-order valence-electron chi connectivity index (χ2n) is 6.55. The van der Waals surface area contributed by atoms with E-state index in [2.05, 4.69) is 15.7 Å². The fraction of sp³-hybridized carbons (Fsp3) is 0.211. The van der Waals surface area contributed by atoms with Crippen molar-refractivity contribution in [2.24, 2.45) is 10.3 Å². The molecule has 30 heavy (non-hydrogen) atoms. The summed E-state index contributed by atoms with van der Waals surface area (Å²) in [6.45, 7) is -0.306. The lowest BCUT2D eigenvalue weighted by Crippen LogP contribution is -2.43. The van der Waals surface area contributed by atoms with Gasteiger partial charge in [-0.1, -0.05) is 29.0 Å². The van der Waals surface area contributed by atoms with Crippen LogP contribution in [-0.4, -0.2) is 48.5 Å². The monoisotopic (exact) mass is 431 g/mol. The number of amides is 3. The summed E-state index contributed by atoms with van der Waals surface area (Å²) < 4.78 is 18.6. The number of benzene rings is 2. The van der Waals surface area contributed by atoms with E-state index in [9.17, 15) is 18.8 Å². The molecule has 1 fully saturated rings. The topological polar surface area (TPSA) is 104 Å². The van der Waals surface area contributed by atoms with Crippen LogP contribution in [0.3, 0.4) is 0 Å². The highest BCUT2D eigenvalue weighted by molar-refractivity contribution is 6.32. The van der Waals surface area contributed by atoms with Crippen LogP contribution in [0.5, 0.6) is 5.75 Å². The van der Waals surface area contributed by atoms with Gasteiger partial charge < -0.3 is 10.1 Å². The smallest absolute Gasteiger partial charge is 0.263 e. The number of fused-ring (bicyclic) bond motifs is 1. The number of hydrogen-bond donors (Lipinski definition) is 1. The number of carbonyl (C=O) groups excluding carboxylic acids is 3. The summed E-state index contributed by atoms with van der Waals surface area (Å²) in [5, 5.41) is 11.3. The van der Waals surface area contributed by atoms with Gasteiger partial charge in [0, 0.05) is 0 Å². The van der Waals surface area contributed by atoms with Crippen molar-refractivity contribution < 1.29 is 23.5 Å². The van der Waals surface area contributed by atoms with Crippen LogP contribution in [0.15, 0.2) is 52.8 Å². The third kappa shape index (κ3) is 3.35. The number of rotatable bonds is 5. The molecule has 3 amide bonds. The van der Waals surface area contributed by atoms with Crippen molar-refractivity contribution in [3.8, 4) is 5.75 Å². The van der Waals surface area contributed by atoms with Gasteiger partial charge in [0.15, 0.2) is 12.1 Å². The van der Waals surface area contributed by atoms with Crippen molar-refractivity contribution in [1.29, 1.82) is 0 Å². The van der Waals surface area contributed by atoms with E-state index in [1.54, 1.807) is 24.3 Å². The first-order valence-corrected chi connectivity index (χ1v) is 9.21. The molecule has 2 atom stereocenters. The minimum absolute atomic E-state index is 0.124. The second-order valence-corrected chi connectivity index (χ2v) is 6.96. The van der Waals surface area contributed by atoms with Crippen molar-refractivity contribution in [3.05, 3.63) is 53.3 Å². The van der Waals surface area contributed by atoms with E-state index >= 15 is 0 Å². The number of methoxy groups -OCH3 is 1. The first kappa shape index (κ1) is 19.8. The molecule has 2 aromatic rings. The number of carbonyl (C=O) groups is 3. The Morgan fingerprint density at radius 3 is 2.73 bits per heavy atom. The molecule has 0 saturated carbocycles. The zero-order valence-electron chi connectivity index (χ0n) is 15.6. The normalized spacial score (nSPS) is 20.0. The quantitative estimate of drug-likeness (QED) is 0.732. The molecule has 1 saturated heterocycles. The number of hydrogen-bond acceptors (Lipinski definition) is 7. The maximum atomic E-state index is 13.4. The lowest BCUT2D eigenvalue weighted by Gasteiger charge is -2.20. The Morgan fingerprint density at radius 1 is 1.23 bits per heavy atom. The number of imide groups is 1. The highest BCUT2D eigenvalue weighted by atomic mass is 35.5. The molecule has 11 heteroatoms. The van der Waals surface area contributed by atoms with Crippen molar-refractivity contribution in [2.45, 2.75) is 12.1 Å². The summed E-state index contributed by atoms with van der Waals surface area (Å²) in [7, 11) is 1.48. The zero-order chi connectivity index (χ0) is 21.4. The Morgan fingerprint density at radius 2 is 2.00 bits per heavy atom. The van der Waals surface area contributed by atoms with Gasteiger partial charge in [-0.25, -0.2) is 9.29 Å². The molecule has 2 aliphatic rings. The molecule has 0 aliphatic carbocycles. The maximum Gasteiger partial charge on any atom is 0.263 e. The highest BCUT2D eigenvalue weighted by Crippen LogP contribution is 2.33. The molecule has 0 spiro atoms. The van der Waals surface area contributed by atoms with Gasteiger partial charge in [-0.15, -0.1) is 0 Å². The number of anilines is 2. The SMILES string of the molecule is COc1ccccc1NC(=O)CN1N=NC2C(=O)N(c3ccc(F)c(Cl)c3)C(=O)C21. The largest absolute Gasteiger partial charge is 0.495 e. The number of nitrogens with zero attached hydrogens (tertiary/aromatic N) is 4. The number of nitrogens with one attached hydrogen (secondary N) is 1. The van der Waals surface area contributed by atoms with Crippen molar-refractivity contribution in [2.75, 3.05) is 23.9 Å². The first-order valence-electron chi connectivity index (χ1n) is 8.84. The Balaban J connectivity index is 1.50. The minimum atomic E-state index is -1.08. The number of halogens is 2. The predicted molar refractivity (Wildman–Crippen MR) is 105 cm³/mol. The summed E-state index contributed by atoms with van der Waals surface area (Å²) >= 11 is 5.77. The van der Waals surface area contributed by atoms with E-state index in [1.165, 1.54) is 19.2 Å². The summed E-state index contributed by atoms with van der Waals surface area (Å²) in [5.74, 6) is -1.92. The van der Waals surface area contributed by atoms with Crippen LogP contribution in [0.1, 0.15) is 0 Å². The van der Waals surface area contributed by atoms with Gasteiger partial charge >= 0.3 is 0 Å². The second kappa shape index (κ2) is 7.71. The average Bonchev–Trinajstić information content (AvgIpc) is 3.24. The fourth-order valence-corrected chi connectivity index (χ4v) is 3.49. The van der Waals surface area contributed by atoms with Crippen LogP contribution in [0, 0.1) is 5.82 Å². The molecule has 0 aromatic heterocycles. The zero-order valence-corrected chi connectivity index (χ0v) is 16.3. The summed E-state index contributed by atoms with van der Waals surface area (Å²) in [5.41, 5.74) is 0.577. The van der Waals surface area contributed by atoms with Crippen molar-refractivity contribution in [1.82, 2.24) is 5.01 Å². The predicted octanol–water partition coefficient (Wildman–Crippen LogP) is 2.42. The van der Waals surface area contributed by atoms with Crippen LogP contribution in [0.25, 0.3) is 0 Å². The Labute approximate surface area is 175 Å². The fourth-order valence-electron chi connectivity index (χ4n) is 3.32. The van der Waals surface area contributed by atoms with Gasteiger partial charge in [0.1, 0.15) is 18.1 Å².